The Morgan fingerprint density at radius 2 is 1.91 bits per heavy atom. The van der Waals surface area contributed by atoms with E-state index in [1.165, 1.54) is 0 Å². The Labute approximate surface area is 134 Å². The summed E-state index contributed by atoms with van der Waals surface area (Å²) in [6, 6.07) is 11.2. The van der Waals surface area contributed by atoms with Crippen LogP contribution in [0.25, 0.3) is 11.0 Å². The topological polar surface area (TPSA) is 78.0 Å². The molecule has 0 aliphatic carbocycles. The minimum atomic E-state index is -0.657. The molecule has 1 atom stereocenters. The summed E-state index contributed by atoms with van der Waals surface area (Å²) in [7, 11) is 0. The molecule has 3 rings (SSSR count). The van der Waals surface area contributed by atoms with Gasteiger partial charge in [-0.05, 0) is 50.1 Å². The van der Waals surface area contributed by atoms with Gasteiger partial charge in [-0.25, -0.2) is 4.98 Å². The van der Waals surface area contributed by atoms with Gasteiger partial charge < -0.3 is 15.4 Å². The van der Waals surface area contributed by atoms with Crippen LogP contribution in [0.4, 0.5) is 5.69 Å². The lowest BCUT2D eigenvalue weighted by Crippen LogP contribution is -2.14. The molecular weight excluding hydrogens is 290 g/mol. The number of aromatic amines is 1. The number of aliphatic hydroxyl groups excluding tert-OH is 1. The summed E-state index contributed by atoms with van der Waals surface area (Å²) in [6.45, 7) is 5.51. The summed E-state index contributed by atoms with van der Waals surface area (Å²) in [5.74, 6) is 0.383. The van der Waals surface area contributed by atoms with Gasteiger partial charge in [0.05, 0.1) is 11.0 Å². The van der Waals surface area contributed by atoms with E-state index in [1.54, 1.807) is 13.0 Å². The van der Waals surface area contributed by atoms with Gasteiger partial charge in [0.2, 0.25) is 0 Å². The number of aromatic nitrogens is 2. The monoisotopic (exact) mass is 309 g/mol. The molecule has 1 aromatic heterocycles. The summed E-state index contributed by atoms with van der Waals surface area (Å²) in [4.78, 5) is 19.9. The first-order valence-electron chi connectivity index (χ1n) is 7.51. The molecule has 0 aliphatic rings. The maximum absolute atomic E-state index is 12.5. The lowest BCUT2D eigenvalue weighted by Gasteiger charge is -2.10. The Morgan fingerprint density at radius 3 is 2.57 bits per heavy atom. The van der Waals surface area contributed by atoms with Crippen molar-refractivity contribution in [3.63, 3.8) is 0 Å². The van der Waals surface area contributed by atoms with Crippen molar-refractivity contribution in [2.24, 2.45) is 0 Å². The average Bonchev–Trinajstić information content (AvgIpc) is 2.90. The van der Waals surface area contributed by atoms with Crippen LogP contribution in [-0.2, 0) is 0 Å². The van der Waals surface area contributed by atoms with Crippen molar-refractivity contribution in [3.8, 4) is 0 Å². The Hall–Kier alpha value is -2.66. The molecule has 0 radical (unpaired) electrons. The summed E-state index contributed by atoms with van der Waals surface area (Å²) in [5.41, 5.74) is 4.81. The van der Waals surface area contributed by atoms with E-state index < -0.39 is 6.10 Å². The van der Waals surface area contributed by atoms with Gasteiger partial charge in [0.15, 0.2) is 0 Å². The second-order valence-corrected chi connectivity index (χ2v) is 5.75. The van der Waals surface area contributed by atoms with Crippen LogP contribution in [0.1, 0.15) is 40.3 Å². The van der Waals surface area contributed by atoms with Gasteiger partial charge in [-0.1, -0.05) is 18.2 Å². The molecular formula is C18H19N3O2. The van der Waals surface area contributed by atoms with Crippen molar-refractivity contribution in [3.05, 3.63) is 58.9 Å². The number of benzene rings is 2. The van der Waals surface area contributed by atoms with Crippen molar-refractivity contribution >= 4 is 22.6 Å². The third-order valence-electron chi connectivity index (χ3n) is 3.86. The predicted molar refractivity (Wildman–Crippen MR) is 90.6 cm³/mol. The third-order valence-corrected chi connectivity index (χ3v) is 3.86. The van der Waals surface area contributed by atoms with Crippen LogP contribution in [0.15, 0.2) is 36.4 Å². The molecule has 0 saturated carbocycles. The van der Waals surface area contributed by atoms with E-state index in [2.05, 4.69) is 15.3 Å². The Bertz CT molecular complexity index is 861. The van der Waals surface area contributed by atoms with Gasteiger partial charge in [-0.3, -0.25) is 4.79 Å². The van der Waals surface area contributed by atoms with Crippen molar-refractivity contribution in [2.75, 3.05) is 5.32 Å². The van der Waals surface area contributed by atoms with E-state index >= 15 is 0 Å². The van der Waals surface area contributed by atoms with Crippen LogP contribution < -0.4 is 5.32 Å². The molecule has 2 aromatic carbocycles. The first kappa shape index (κ1) is 15.2. The van der Waals surface area contributed by atoms with Crippen LogP contribution in [0, 0.1) is 13.8 Å². The molecule has 1 unspecified atom stereocenters. The second kappa shape index (κ2) is 5.85. The lowest BCUT2D eigenvalue weighted by atomic mass is 10.0. The fourth-order valence-corrected chi connectivity index (χ4v) is 2.67. The maximum atomic E-state index is 12.5. The highest BCUT2D eigenvalue weighted by Crippen LogP contribution is 2.21. The van der Waals surface area contributed by atoms with E-state index in [1.807, 2.05) is 44.2 Å². The first-order chi connectivity index (χ1) is 11.0. The Balaban J connectivity index is 1.90. The van der Waals surface area contributed by atoms with Crippen LogP contribution in [0.2, 0.25) is 0 Å². The largest absolute Gasteiger partial charge is 0.385 e. The first-order valence-corrected chi connectivity index (χ1v) is 7.51. The number of anilines is 1. The second-order valence-electron chi connectivity index (χ2n) is 5.75. The van der Waals surface area contributed by atoms with Crippen molar-refractivity contribution in [2.45, 2.75) is 26.9 Å². The molecule has 3 N–H and O–H groups in total. The number of hydrogen-bond acceptors (Lipinski definition) is 3. The van der Waals surface area contributed by atoms with E-state index in [-0.39, 0.29) is 5.91 Å². The normalized spacial score (nSPS) is 12.3. The fraction of sp³-hybridized carbons (Fsp3) is 0.222. The van der Waals surface area contributed by atoms with Gasteiger partial charge in [0, 0.05) is 11.3 Å². The smallest absolute Gasteiger partial charge is 0.256 e. The zero-order valence-corrected chi connectivity index (χ0v) is 13.3. The number of H-pyrrole nitrogens is 1. The van der Waals surface area contributed by atoms with Gasteiger partial charge in [0.1, 0.15) is 11.9 Å². The number of nitrogens with zero attached hydrogens (tertiary/aromatic N) is 1. The number of rotatable bonds is 3. The molecule has 5 nitrogen and oxygen atoms in total. The van der Waals surface area contributed by atoms with Crippen molar-refractivity contribution in [1.82, 2.24) is 9.97 Å². The predicted octanol–water partition coefficient (Wildman–Crippen LogP) is 3.49. The van der Waals surface area contributed by atoms with E-state index in [9.17, 15) is 9.90 Å². The van der Waals surface area contributed by atoms with Crippen LogP contribution in [-0.4, -0.2) is 21.0 Å². The standard InChI is InChI=1S/C18H19N3O2/c1-10-5-4-6-11(2)16(10)18(23)19-13-7-8-14-15(9-13)21-17(20-14)12(3)22/h4-9,12,22H,1-3H3,(H,19,23)(H,20,21). The number of hydrogen-bond donors (Lipinski definition) is 3. The SMILES string of the molecule is Cc1cccc(C)c1C(=O)Nc1ccc2nc(C(C)O)[nH]c2c1. The fourth-order valence-electron chi connectivity index (χ4n) is 2.67. The van der Waals surface area contributed by atoms with Gasteiger partial charge >= 0.3 is 0 Å². The van der Waals surface area contributed by atoms with Gasteiger partial charge in [-0.2, -0.15) is 0 Å². The molecule has 3 aromatic rings. The maximum Gasteiger partial charge on any atom is 0.256 e. The third kappa shape index (κ3) is 2.96. The number of nitrogens with one attached hydrogen (secondary N) is 2. The number of fused-ring (bicyclic) bond motifs is 1. The molecule has 0 spiro atoms. The Kier molecular flexibility index (Phi) is 3.88. The zero-order valence-electron chi connectivity index (χ0n) is 13.3. The minimum Gasteiger partial charge on any atom is -0.385 e. The molecule has 1 heterocycles. The van der Waals surface area contributed by atoms with Gasteiger partial charge in [0.25, 0.3) is 5.91 Å². The number of imidazole rings is 1. The highest BCUT2D eigenvalue weighted by atomic mass is 16.3. The number of aliphatic hydroxyl groups is 1. The number of amides is 1. The summed E-state index contributed by atoms with van der Waals surface area (Å²) >= 11 is 0. The lowest BCUT2D eigenvalue weighted by molar-refractivity contribution is 0.102. The minimum absolute atomic E-state index is 0.129. The summed E-state index contributed by atoms with van der Waals surface area (Å²) in [5, 5.41) is 12.5. The number of carbonyl (C=O) groups excluding carboxylic acids is 1. The van der Waals surface area contributed by atoms with Crippen molar-refractivity contribution in [1.29, 1.82) is 0 Å². The molecule has 118 valence electrons. The molecule has 0 bridgehead atoms. The highest BCUT2D eigenvalue weighted by molar-refractivity contribution is 6.06. The molecule has 0 aliphatic heterocycles. The zero-order chi connectivity index (χ0) is 16.6. The molecule has 5 heteroatoms. The molecule has 1 amide bonds. The quantitative estimate of drug-likeness (QED) is 0.693. The average molecular weight is 309 g/mol. The van der Waals surface area contributed by atoms with Crippen molar-refractivity contribution < 1.29 is 9.90 Å². The molecule has 0 fully saturated rings. The van der Waals surface area contributed by atoms with Crippen LogP contribution in [0.5, 0.6) is 0 Å². The van der Waals surface area contributed by atoms with Gasteiger partial charge in [-0.15, -0.1) is 0 Å². The van der Waals surface area contributed by atoms with Crippen LogP contribution >= 0.6 is 0 Å². The number of aryl methyl sites for hydroxylation is 2. The highest BCUT2D eigenvalue weighted by Gasteiger charge is 2.13. The van der Waals surface area contributed by atoms with E-state index in [4.69, 9.17) is 0 Å². The van der Waals surface area contributed by atoms with E-state index in [0.29, 0.717) is 17.1 Å². The Morgan fingerprint density at radius 1 is 1.22 bits per heavy atom. The molecule has 23 heavy (non-hydrogen) atoms. The van der Waals surface area contributed by atoms with E-state index in [0.717, 1.165) is 22.2 Å². The van der Waals surface area contributed by atoms with Crippen LogP contribution in [0.3, 0.4) is 0 Å². The molecule has 0 saturated heterocycles. The summed E-state index contributed by atoms with van der Waals surface area (Å²) in [6.07, 6.45) is -0.657. The number of carbonyl (C=O) groups is 1. The summed E-state index contributed by atoms with van der Waals surface area (Å²) < 4.78 is 0.